The standard InChI is InChI=1S/C8H2ClIN2O3/c9-8(13)6-4(3-11)1-2-5(10)7(6)12(14)15/h1-2H. The van der Waals surface area contributed by atoms with Crippen LogP contribution in [-0.2, 0) is 0 Å². The Morgan fingerprint density at radius 3 is 2.60 bits per heavy atom. The lowest BCUT2D eigenvalue weighted by Gasteiger charge is -2.01. The Labute approximate surface area is 103 Å². The normalized spacial score (nSPS) is 9.40. The molecule has 0 fully saturated rings. The molecule has 0 radical (unpaired) electrons. The molecule has 0 bridgehead atoms. The lowest BCUT2D eigenvalue weighted by Crippen LogP contribution is -2.03. The van der Waals surface area contributed by atoms with E-state index in [1.807, 2.05) is 0 Å². The van der Waals surface area contributed by atoms with Crippen molar-refractivity contribution in [1.82, 2.24) is 0 Å². The number of nitrogens with zero attached hydrogens (tertiary/aromatic N) is 2. The number of halogens is 2. The molecule has 1 aromatic carbocycles. The van der Waals surface area contributed by atoms with E-state index in [4.69, 9.17) is 16.9 Å². The van der Waals surface area contributed by atoms with E-state index in [1.165, 1.54) is 12.1 Å². The van der Waals surface area contributed by atoms with Gasteiger partial charge in [-0.15, -0.1) is 0 Å². The Hall–Kier alpha value is -1.20. The molecule has 0 amide bonds. The minimum atomic E-state index is -1.00. The van der Waals surface area contributed by atoms with Crippen LogP contribution in [0.5, 0.6) is 0 Å². The van der Waals surface area contributed by atoms with E-state index >= 15 is 0 Å². The fourth-order valence-corrected chi connectivity index (χ4v) is 1.87. The minimum absolute atomic E-state index is 0.0953. The lowest BCUT2D eigenvalue weighted by molar-refractivity contribution is -0.386. The Morgan fingerprint density at radius 2 is 2.20 bits per heavy atom. The highest BCUT2D eigenvalue weighted by Gasteiger charge is 2.26. The molecule has 0 saturated heterocycles. The van der Waals surface area contributed by atoms with Gasteiger partial charge in [0.05, 0.1) is 14.1 Å². The molecule has 1 aromatic rings. The first-order valence-corrected chi connectivity index (χ1v) is 5.01. The van der Waals surface area contributed by atoms with Crippen molar-refractivity contribution in [3.8, 4) is 6.07 Å². The SMILES string of the molecule is N#Cc1ccc(I)c([N+](=O)[O-])c1C(=O)Cl. The summed E-state index contributed by atoms with van der Waals surface area (Å²) in [5.41, 5.74) is -0.868. The number of hydrogen-bond donors (Lipinski definition) is 0. The molecule has 1 rings (SSSR count). The number of nitro benzene ring substituents is 1. The van der Waals surface area contributed by atoms with E-state index in [0.29, 0.717) is 0 Å². The second kappa shape index (κ2) is 4.55. The number of carbonyl (C=O) groups excluding carboxylic acids is 1. The van der Waals surface area contributed by atoms with Crippen LogP contribution in [0.4, 0.5) is 5.69 Å². The number of nitro groups is 1. The van der Waals surface area contributed by atoms with Crippen LogP contribution in [0.3, 0.4) is 0 Å². The average Bonchev–Trinajstić information content (AvgIpc) is 2.16. The molecule has 0 atom stereocenters. The van der Waals surface area contributed by atoms with Gasteiger partial charge in [0.1, 0.15) is 11.6 Å². The molecule has 5 nitrogen and oxygen atoms in total. The number of nitriles is 1. The molecule has 0 aliphatic rings. The molecule has 0 saturated carbocycles. The Kier molecular flexibility index (Phi) is 3.60. The van der Waals surface area contributed by atoms with Crippen LogP contribution in [-0.4, -0.2) is 10.2 Å². The number of benzene rings is 1. The van der Waals surface area contributed by atoms with Crippen LogP contribution in [0.2, 0.25) is 0 Å². The zero-order valence-electron chi connectivity index (χ0n) is 7.03. The Morgan fingerprint density at radius 1 is 1.60 bits per heavy atom. The van der Waals surface area contributed by atoms with Crippen LogP contribution < -0.4 is 0 Å². The summed E-state index contributed by atoms with van der Waals surface area (Å²) in [5.74, 6) is 0. The van der Waals surface area contributed by atoms with Crippen molar-refractivity contribution in [3.05, 3.63) is 36.9 Å². The highest BCUT2D eigenvalue weighted by atomic mass is 127. The summed E-state index contributed by atoms with van der Waals surface area (Å²) in [6, 6.07) is 4.40. The van der Waals surface area contributed by atoms with Gasteiger partial charge < -0.3 is 0 Å². The number of carbonyl (C=O) groups is 1. The van der Waals surface area contributed by atoms with Crippen LogP contribution in [0.25, 0.3) is 0 Å². The van der Waals surface area contributed by atoms with Gasteiger partial charge in [-0.3, -0.25) is 14.9 Å². The second-order valence-corrected chi connectivity index (χ2v) is 3.97. The Balaban J connectivity index is 3.68. The first-order valence-electron chi connectivity index (χ1n) is 3.56. The molecule has 0 aliphatic heterocycles. The topological polar surface area (TPSA) is 84.0 Å². The van der Waals surface area contributed by atoms with Crippen molar-refractivity contribution < 1.29 is 9.72 Å². The summed E-state index contributed by atoms with van der Waals surface area (Å²) in [7, 11) is 0. The molecule has 0 spiro atoms. The predicted octanol–water partition coefficient (Wildman–Crippen LogP) is 2.45. The van der Waals surface area contributed by atoms with Gasteiger partial charge in [0.2, 0.25) is 0 Å². The Bertz CT molecular complexity index is 495. The highest BCUT2D eigenvalue weighted by Crippen LogP contribution is 2.29. The summed E-state index contributed by atoms with van der Waals surface area (Å²) in [6.07, 6.45) is 0. The second-order valence-electron chi connectivity index (χ2n) is 2.46. The summed E-state index contributed by atoms with van der Waals surface area (Å²) in [5, 5.41) is 18.4. The molecule has 0 aliphatic carbocycles. The molecule has 0 aromatic heterocycles. The summed E-state index contributed by atoms with van der Waals surface area (Å²) < 4.78 is 0.264. The van der Waals surface area contributed by atoms with E-state index in [-0.39, 0.29) is 14.7 Å². The summed E-state index contributed by atoms with van der Waals surface area (Å²) in [6.45, 7) is 0. The van der Waals surface area contributed by atoms with E-state index < -0.39 is 15.9 Å². The lowest BCUT2D eigenvalue weighted by atomic mass is 10.1. The smallest absolute Gasteiger partial charge is 0.275 e. The van der Waals surface area contributed by atoms with Gasteiger partial charge in [0, 0.05) is 0 Å². The third-order valence-corrected chi connectivity index (χ3v) is 2.69. The molecule has 0 unspecified atom stereocenters. The maximum atomic E-state index is 11.0. The van der Waals surface area contributed by atoms with E-state index in [2.05, 4.69) is 0 Å². The maximum Gasteiger partial charge on any atom is 0.296 e. The fraction of sp³-hybridized carbons (Fsp3) is 0. The summed E-state index contributed by atoms with van der Waals surface area (Å²) in [4.78, 5) is 21.0. The van der Waals surface area contributed by atoms with Gasteiger partial charge in [-0.1, -0.05) is 0 Å². The van der Waals surface area contributed by atoms with Crippen LogP contribution in [0.1, 0.15) is 15.9 Å². The zero-order valence-corrected chi connectivity index (χ0v) is 9.94. The molecule has 76 valence electrons. The monoisotopic (exact) mass is 336 g/mol. The third-order valence-electron chi connectivity index (χ3n) is 1.63. The van der Waals surface area contributed by atoms with Gasteiger partial charge in [-0.05, 0) is 46.3 Å². The van der Waals surface area contributed by atoms with Gasteiger partial charge in [-0.25, -0.2) is 0 Å². The zero-order chi connectivity index (χ0) is 11.6. The molecular weight excluding hydrogens is 334 g/mol. The first-order chi connectivity index (χ1) is 6.99. The number of hydrogen-bond acceptors (Lipinski definition) is 4. The van der Waals surface area contributed by atoms with Gasteiger partial charge >= 0.3 is 0 Å². The van der Waals surface area contributed by atoms with E-state index in [9.17, 15) is 14.9 Å². The van der Waals surface area contributed by atoms with Crippen molar-refractivity contribution in [2.24, 2.45) is 0 Å². The molecule has 7 heteroatoms. The van der Waals surface area contributed by atoms with Gasteiger partial charge in [0.15, 0.2) is 0 Å². The van der Waals surface area contributed by atoms with Crippen LogP contribution >= 0.6 is 34.2 Å². The molecule has 0 N–H and O–H groups in total. The van der Waals surface area contributed by atoms with Crippen molar-refractivity contribution in [3.63, 3.8) is 0 Å². The van der Waals surface area contributed by atoms with Crippen molar-refractivity contribution in [2.45, 2.75) is 0 Å². The number of rotatable bonds is 2. The van der Waals surface area contributed by atoms with Crippen molar-refractivity contribution in [2.75, 3.05) is 0 Å². The average molecular weight is 336 g/mol. The maximum absolute atomic E-state index is 11.0. The fourth-order valence-electron chi connectivity index (χ4n) is 1.04. The molecular formula is C8H2ClIN2O3. The first kappa shape index (κ1) is 11.9. The molecule has 15 heavy (non-hydrogen) atoms. The summed E-state index contributed by atoms with van der Waals surface area (Å²) >= 11 is 6.92. The third kappa shape index (κ3) is 2.24. The van der Waals surface area contributed by atoms with Crippen molar-refractivity contribution >= 4 is 45.1 Å². The van der Waals surface area contributed by atoms with Gasteiger partial charge in [0.25, 0.3) is 10.9 Å². The van der Waals surface area contributed by atoms with Crippen molar-refractivity contribution in [1.29, 1.82) is 5.26 Å². The predicted molar refractivity (Wildman–Crippen MR) is 60.7 cm³/mol. The molecule has 0 heterocycles. The largest absolute Gasteiger partial charge is 0.296 e. The van der Waals surface area contributed by atoms with E-state index in [1.54, 1.807) is 28.7 Å². The quantitative estimate of drug-likeness (QED) is 0.359. The van der Waals surface area contributed by atoms with Crippen LogP contribution in [0, 0.1) is 25.0 Å². The van der Waals surface area contributed by atoms with Gasteiger partial charge in [-0.2, -0.15) is 5.26 Å². The van der Waals surface area contributed by atoms with Crippen LogP contribution in [0.15, 0.2) is 12.1 Å². The highest BCUT2D eigenvalue weighted by molar-refractivity contribution is 14.1. The minimum Gasteiger partial charge on any atom is -0.275 e. The van der Waals surface area contributed by atoms with E-state index in [0.717, 1.165) is 0 Å².